The Morgan fingerprint density at radius 1 is 0.122 bits per heavy atom. The van der Waals surface area contributed by atoms with Gasteiger partial charge >= 0.3 is 0 Å². The van der Waals surface area contributed by atoms with E-state index in [0.717, 1.165) is 0 Å². The van der Waals surface area contributed by atoms with Gasteiger partial charge in [0.1, 0.15) is 0 Å². The first-order chi connectivity index (χ1) is 38.9. The molecular formula is C23H24Cl66O. The Balaban J connectivity index is -0.0000000269. The van der Waals surface area contributed by atoms with Gasteiger partial charge in [0, 0.05) is 0 Å². The van der Waals surface area contributed by atoms with Crippen LogP contribution in [-0.2, 0) is 0 Å². The molecule has 90 heavy (non-hydrogen) atoms. The average molecular weight is 2660 g/mol. The van der Waals surface area contributed by atoms with E-state index in [1.165, 1.54) is 0 Å². The smallest absolute Gasteiger partial charge is 0.213 e. The Bertz CT molecular complexity index is 553. The molecule has 584 valence electrons. The van der Waals surface area contributed by atoms with E-state index >= 15 is 0 Å². The highest BCUT2D eigenvalue weighted by Crippen LogP contribution is 2.24. The first-order valence-electron chi connectivity index (χ1n) is 15.0. The molecule has 0 atom stereocenters. The minimum atomic E-state index is -1.49. The molecule has 0 saturated heterocycles. The minimum Gasteiger partial charge on any atom is -0.392 e. The van der Waals surface area contributed by atoms with Crippen LogP contribution in [0.25, 0.3) is 0 Å². The molecule has 0 saturated carbocycles. The molecule has 0 aromatic carbocycles. The molecule has 67 heteroatoms. The van der Waals surface area contributed by atoms with E-state index in [0.29, 0.717) is 0 Å². The van der Waals surface area contributed by atoms with E-state index < -0.39 is 101 Å². The first-order valence-corrected chi connectivity index (χ1v) is 43.6. The van der Waals surface area contributed by atoms with Gasteiger partial charge in [-0.3, -0.25) is 0 Å². The summed E-state index contributed by atoms with van der Waals surface area (Å²) in [4.78, 5) is 0. The van der Waals surface area contributed by atoms with Gasteiger partial charge in [-0.1, -0.05) is 766 Å². The Labute approximate surface area is 855 Å². The Morgan fingerprint density at radius 2 is 0.133 bits per heavy atom. The molecule has 1 N–H and O–H groups in total. The van der Waals surface area contributed by atoms with Gasteiger partial charge in [-0.05, 0) is 0 Å². The summed E-state index contributed by atoms with van der Waals surface area (Å²) in [5.74, 6) is 0. The molecule has 0 fully saturated rings. The predicted octanol–water partition coefficient (Wildman–Crippen LogP) is 43.1. The van der Waals surface area contributed by atoms with Crippen molar-refractivity contribution in [2.45, 2.75) is 94.0 Å². The summed E-state index contributed by atoms with van der Waals surface area (Å²) in [6.07, 6.45) is 0. The Hall–Kier alpha value is 19.1. The maximum Gasteiger partial charge on any atom is 0.213 e. The fourth-order valence-electron chi connectivity index (χ4n) is 0. The zero-order valence-electron chi connectivity index (χ0n) is 38.7. The lowest BCUT2D eigenvalue weighted by atomic mass is 10.9. The van der Waals surface area contributed by atoms with Crippen molar-refractivity contribution in [3.8, 4) is 0 Å². The molecule has 0 unspecified atom stereocenters. The maximum absolute atomic E-state index is 8.01. The number of aliphatic hydroxyl groups excluding tert-OH is 1. The summed E-state index contributed by atoms with van der Waals surface area (Å²) in [5.41, 5.74) is 0. The van der Waals surface area contributed by atoms with Crippen molar-refractivity contribution < 1.29 is 5.11 Å². The highest BCUT2D eigenvalue weighted by atomic mass is 35.7. The van der Waals surface area contributed by atoms with Crippen LogP contribution < -0.4 is 0 Å². The van der Waals surface area contributed by atoms with Crippen molar-refractivity contribution in [2.24, 2.45) is 0 Å². The number of alkyl halides is 66. The van der Waals surface area contributed by atoms with Crippen LogP contribution in [0.2, 0.25) is 0 Å². The monoisotopic (exact) mass is 2620 g/mol. The molecule has 0 amide bonds. The molecule has 0 aliphatic rings. The van der Waals surface area contributed by atoms with Crippen LogP contribution in [0.15, 0.2) is 0 Å². The van der Waals surface area contributed by atoms with Gasteiger partial charge < -0.3 is 5.11 Å². The van der Waals surface area contributed by atoms with Crippen molar-refractivity contribution in [1.82, 2.24) is 0 Å². The lowest BCUT2D eigenvalue weighted by molar-refractivity contribution is 0.303. The number of halogens is 66. The van der Waals surface area contributed by atoms with Crippen LogP contribution in [-0.4, -0.2) is 106 Å². The van der Waals surface area contributed by atoms with Crippen molar-refractivity contribution in [3.05, 3.63) is 0 Å². The van der Waals surface area contributed by atoms with Gasteiger partial charge in [-0.2, -0.15) is 0 Å². The summed E-state index contributed by atoms with van der Waals surface area (Å²) in [7, 11) is 0. The fourth-order valence-corrected chi connectivity index (χ4v) is 0. The van der Waals surface area contributed by atoms with Crippen molar-refractivity contribution in [2.75, 3.05) is 6.61 Å². The van der Waals surface area contributed by atoms with E-state index in [1.807, 2.05) is 0 Å². The van der Waals surface area contributed by atoms with Gasteiger partial charge in [0.2, 0.25) is 3.79 Å². The molecule has 0 aliphatic carbocycles. The van der Waals surface area contributed by atoms with Gasteiger partial charge in [0.15, 0.2) is 90.2 Å². The molecule has 1 nitrogen and oxygen atoms in total. The van der Waals surface area contributed by atoms with Gasteiger partial charge in [-0.15, -0.1) is 0 Å². The third-order valence-electron chi connectivity index (χ3n) is 0.179. The molecule has 0 aromatic rings. The summed E-state index contributed by atoms with van der Waals surface area (Å²) < 4.78 is -17.2. The average Bonchev–Trinajstić information content (AvgIpc) is 3.10. The zero-order valence-corrected chi connectivity index (χ0v) is 88.6. The molecule has 0 aliphatic heterocycles. The van der Waals surface area contributed by atoms with Gasteiger partial charge in [-0.25, -0.2) is 0 Å². The van der Waals surface area contributed by atoms with E-state index in [1.54, 1.807) is 0 Å². The van der Waals surface area contributed by atoms with Crippen LogP contribution >= 0.6 is 766 Å². The van der Waals surface area contributed by atoms with Crippen LogP contribution in [0.3, 0.4) is 0 Å². The third kappa shape index (κ3) is 2470. The summed E-state index contributed by atoms with van der Waals surface area (Å²) in [6, 6.07) is 0. The van der Waals surface area contributed by atoms with E-state index in [2.05, 4.69) is 0 Å². The predicted molar refractivity (Wildman–Crippen MR) is 476 cm³/mol. The summed E-state index contributed by atoms with van der Waals surface area (Å²) in [5, 5.41) is 8.01. The largest absolute Gasteiger partial charge is 0.392 e. The summed E-state index contributed by atoms with van der Waals surface area (Å²) >= 11 is 318. The van der Waals surface area contributed by atoms with Crippen LogP contribution in [0.1, 0.15) is 0 Å². The molecular weight excluding hydrogens is 2630 g/mol. The highest BCUT2D eigenvalue weighted by Gasteiger charge is 2.16. The Morgan fingerprint density at radius 3 is 0.133 bits per heavy atom. The minimum absolute atomic E-state index is 0.433. The summed E-state index contributed by atoms with van der Waals surface area (Å²) in [6.45, 7) is -0.433. The van der Waals surface area contributed by atoms with Crippen LogP contribution in [0.4, 0.5) is 0 Å². The third-order valence-corrected chi connectivity index (χ3v) is 0.538. The second-order valence-electron chi connectivity index (χ2n) is 5.97. The lowest BCUT2D eigenvalue weighted by Gasteiger charge is -2.01. The fraction of sp³-hybridized carbons (Fsp3) is 1.00. The van der Waals surface area contributed by atoms with E-state index in [-0.39, 0.29) is 0 Å². The number of hydrogen-bond donors (Lipinski definition) is 1. The number of rotatable bonds is 0. The number of hydrogen-bond acceptors (Lipinski definition) is 1. The van der Waals surface area contributed by atoms with Gasteiger partial charge in [0.05, 0.1) is 6.61 Å². The van der Waals surface area contributed by atoms with Gasteiger partial charge in [0.25, 0.3) is 0 Å². The SMILES string of the molecule is ClC(Cl)Cl.ClC(Cl)Cl.ClC(Cl)Cl.ClC(Cl)Cl.ClC(Cl)Cl.ClC(Cl)Cl.ClC(Cl)Cl.ClC(Cl)Cl.ClC(Cl)Cl.ClC(Cl)Cl.ClC(Cl)Cl.ClC(Cl)Cl.ClC(Cl)Cl.ClC(Cl)Cl.ClC(Cl)Cl.ClC(Cl)Cl.ClC(Cl)Cl.ClC(Cl)Cl.ClC(Cl)Cl.ClC(Cl)Cl.ClC(Cl)Cl.OCC(Cl)(Cl)Cl. The maximum atomic E-state index is 8.01. The quantitative estimate of drug-likeness (QED) is 0.240. The highest BCUT2D eigenvalue weighted by molar-refractivity contribution is 6.71. The normalized spacial score (nSPS) is 9.20. The molecule has 0 bridgehead atoms. The second kappa shape index (κ2) is 156. The second-order valence-corrected chi connectivity index (χ2v) is 50.1. The van der Waals surface area contributed by atoms with Crippen molar-refractivity contribution >= 4 is 766 Å². The first kappa shape index (κ1) is 168. The van der Waals surface area contributed by atoms with Crippen LogP contribution in [0, 0.1) is 0 Å². The molecule has 0 spiro atoms. The molecule has 0 aromatic heterocycles. The Kier molecular flexibility index (Phi) is 292. The number of aliphatic hydroxyl groups is 1. The van der Waals surface area contributed by atoms with Crippen molar-refractivity contribution in [1.29, 1.82) is 0 Å². The van der Waals surface area contributed by atoms with Crippen LogP contribution in [0.5, 0.6) is 0 Å². The van der Waals surface area contributed by atoms with E-state index in [4.69, 9.17) is 771 Å². The molecule has 0 rings (SSSR count). The van der Waals surface area contributed by atoms with E-state index in [9.17, 15) is 0 Å². The molecule has 0 heterocycles. The lowest BCUT2D eigenvalue weighted by Crippen LogP contribution is -2.06. The van der Waals surface area contributed by atoms with Crippen molar-refractivity contribution in [3.63, 3.8) is 0 Å². The molecule has 0 radical (unpaired) electrons. The topological polar surface area (TPSA) is 20.2 Å². The zero-order chi connectivity index (χ0) is 80.3. The standard InChI is InChI=1S/C2H3Cl3O.21CHCl3/c3-2(4,5)1-6;21*2-1(3)4/h6H,1H2;21*1H.